The molecule has 8 nitrogen and oxygen atoms in total. The molecule has 0 aliphatic rings. The molecule has 11 heteroatoms. The van der Waals surface area contributed by atoms with Crippen molar-refractivity contribution in [2.75, 3.05) is 5.32 Å². The second-order valence-electron chi connectivity index (χ2n) is 8.34. The van der Waals surface area contributed by atoms with E-state index in [4.69, 9.17) is 10.2 Å². The summed E-state index contributed by atoms with van der Waals surface area (Å²) in [4.78, 5) is 16.7. The van der Waals surface area contributed by atoms with Crippen LogP contribution in [0, 0.1) is 11.6 Å². The van der Waals surface area contributed by atoms with Gasteiger partial charge in [0.25, 0.3) is 5.91 Å². The molecule has 0 saturated heterocycles. The van der Waals surface area contributed by atoms with Gasteiger partial charge in [-0.15, -0.1) is 16.4 Å². The smallest absolute Gasteiger partial charge is 0.251 e. The van der Waals surface area contributed by atoms with Gasteiger partial charge in [-0.05, 0) is 61.9 Å². The third kappa shape index (κ3) is 4.27. The molecule has 0 radical (unpaired) electrons. The zero-order valence-corrected chi connectivity index (χ0v) is 19.4. The van der Waals surface area contributed by atoms with E-state index >= 15 is 0 Å². The minimum Gasteiger partial charge on any atom is -0.463 e. The van der Waals surface area contributed by atoms with Crippen molar-refractivity contribution >= 4 is 33.7 Å². The van der Waals surface area contributed by atoms with Crippen molar-refractivity contribution in [3.8, 4) is 21.9 Å². The van der Waals surface area contributed by atoms with E-state index in [1.54, 1.807) is 36.7 Å². The minimum atomic E-state index is -1.42. The quantitative estimate of drug-likeness (QED) is 0.303. The number of amides is 1. The highest BCUT2D eigenvalue weighted by Crippen LogP contribution is 2.40. The van der Waals surface area contributed by atoms with Gasteiger partial charge < -0.3 is 20.6 Å². The second-order valence-corrected chi connectivity index (χ2v) is 9.39. The minimum absolute atomic E-state index is 0.0548. The number of nitrogens with zero attached hydrogens (tertiary/aromatic N) is 3. The van der Waals surface area contributed by atoms with Gasteiger partial charge in [0, 0.05) is 4.88 Å². The van der Waals surface area contributed by atoms with Crippen molar-refractivity contribution in [1.82, 2.24) is 14.6 Å². The van der Waals surface area contributed by atoms with Gasteiger partial charge in [-0.25, -0.2) is 18.3 Å². The number of aromatic nitrogens is 3. The van der Waals surface area contributed by atoms with Gasteiger partial charge in [0.2, 0.25) is 0 Å². The first-order chi connectivity index (χ1) is 16.6. The zero-order valence-electron chi connectivity index (χ0n) is 18.5. The maximum Gasteiger partial charge on any atom is 0.251 e. The third-order valence-corrected chi connectivity index (χ3v) is 6.40. The summed E-state index contributed by atoms with van der Waals surface area (Å²) in [5.74, 6) is -1.56. The number of aliphatic hydroxyl groups is 1. The monoisotopic (exact) mass is 495 g/mol. The van der Waals surface area contributed by atoms with Crippen LogP contribution in [0.25, 0.3) is 27.5 Å². The Morgan fingerprint density at radius 3 is 2.57 bits per heavy atom. The number of rotatable bonds is 6. The number of primary amides is 1. The Labute approximate surface area is 201 Å². The molecule has 35 heavy (non-hydrogen) atoms. The average molecular weight is 496 g/mol. The predicted octanol–water partition coefficient (Wildman–Crippen LogP) is 5.07. The maximum absolute atomic E-state index is 14.9. The highest BCUT2D eigenvalue weighted by atomic mass is 32.1. The molecule has 0 aliphatic carbocycles. The molecule has 4 aromatic heterocycles. The van der Waals surface area contributed by atoms with Crippen LogP contribution in [0.5, 0.6) is 0 Å². The number of carbonyl (C=O) groups excluding carboxylic acids is 1. The Kier molecular flexibility index (Phi) is 5.37. The van der Waals surface area contributed by atoms with Crippen LogP contribution in [0.3, 0.4) is 0 Å². The first-order valence-electron chi connectivity index (χ1n) is 10.4. The molecule has 1 aromatic carbocycles. The zero-order chi connectivity index (χ0) is 24.9. The molecule has 4 heterocycles. The molecule has 0 fully saturated rings. The van der Waals surface area contributed by atoms with Gasteiger partial charge in [0.1, 0.15) is 22.3 Å². The van der Waals surface area contributed by atoms with Crippen molar-refractivity contribution in [3.63, 3.8) is 0 Å². The largest absolute Gasteiger partial charge is 0.463 e. The second kappa shape index (κ2) is 8.29. The summed E-state index contributed by atoms with van der Waals surface area (Å²) in [5.41, 5.74) is 5.09. The molecule has 0 atom stereocenters. The van der Waals surface area contributed by atoms with Gasteiger partial charge in [0.15, 0.2) is 17.2 Å². The summed E-state index contributed by atoms with van der Waals surface area (Å²) < 4.78 is 36.7. The highest BCUT2D eigenvalue weighted by Gasteiger charge is 2.24. The Morgan fingerprint density at radius 2 is 1.94 bits per heavy atom. The lowest BCUT2D eigenvalue weighted by atomic mass is 9.96. The first-order valence-corrected chi connectivity index (χ1v) is 11.2. The predicted molar refractivity (Wildman–Crippen MR) is 127 cm³/mol. The molecule has 5 aromatic rings. The highest BCUT2D eigenvalue weighted by molar-refractivity contribution is 7.20. The van der Waals surface area contributed by atoms with E-state index in [2.05, 4.69) is 15.4 Å². The fraction of sp³-hybridized carbons (Fsp3) is 0.125. The fourth-order valence-electron chi connectivity index (χ4n) is 3.56. The Hall–Kier alpha value is -4.09. The van der Waals surface area contributed by atoms with E-state index in [0.29, 0.717) is 22.9 Å². The normalized spacial score (nSPS) is 11.8. The van der Waals surface area contributed by atoms with Gasteiger partial charge in [0.05, 0.1) is 29.2 Å². The number of anilines is 2. The van der Waals surface area contributed by atoms with Gasteiger partial charge in [-0.1, -0.05) is 0 Å². The molecule has 0 saturated carbocycles. The van der Waals surface area contributed by atoms with E-state index < -0.39 is 23.1 Å². The lowest BCUT2D eigenvalue weighted by Gasteiger charge is -2.18. The van der Waals surface area contributed by atoms with Gasteiger partial charge >= 0.3 is 0 Å². The van der Waals surface area contributed by atoms with Crippen molar-refractivity contribution in [2.45, 2.75) is 19.4 Å². The topological polar surface area (TPSA) is 119 Å². The molecule has 5 rings (SSSR count). The third-order valence-electron chi connectivity index (χ3n) is 5.33. The number of thiophene rings is 1. The SMILES string of the molecule is CC(C)(O)c1cc(F)c(-c2cc(C(N)=O)c(Nc3ccc4nc(-c5ccco5)cn4n3)s2)c(F)c1. The Balaban J connectivity index is 1.51. The van der Waals surface area contributed by atoms with E-state index in [1.807, 2.05) is 0 Å². The Bertz CT molecular complexity index is 1550. The molecule has 4 N–H and O–H groups in total. The van der Waals surface area contributed by atoms with Crippen LogP contribution in [0.15, 0.2) is 59.3 Å². The molecule has 0 aliphatic heterocycles. The first kappa shape index (κ1) is 22.7. The van der Waals surface area contributed by atoms with E-state index in [1.165, 1.54) is 24.4 Å². The number of hydrogen-bond donors (Lipinski definition) is 3. The number of imidazole rings is 1. The molecule has 1 amide bonds. The van der Waals surface area contributed by atoms with E-state index in [-0.39, 0.29) is 26.6 Å². The van der Waals surface area contributed by atoms with Crippen molar-refractivity contribution < 1.29 is 23.1 Å². The van der Waals surface area contributed by atoms with Crippen LogP contribution < -0.4 is 11.1 Å². The summed E-state index contributed by atoms with van der Waals surface area (Å²) in [6.07, 6.45) is 3.23. The summed E-state index contributed by atoms with van der Waals surface area (Å²) in [7, 11) is 0. The van der Waals surface area contributed by atoms with E-state index in [9.17, 15) is 18.7 Å². The lowest BCUT2D eigenvalue weighted by Crippen LogP contribution is -2.16. The number of hydrogen-bond acceptors (Lipinski definition) is 7. The molecular weight excluding hydrogens is 476 g/mol. The number of furan rings is 1. The standard InChI is InChI=1S/C24H19F2N5O3S/c1-24(2,33)12-8-14(25)21(15(26)9-12)18-10-13(22(27)32)23(35-18)29-19-5-6-20-28-16(11-31(20)30-19)17-4-3-7-34-17/h3-11,33H,1-2H3,(H2,27,32)(H,29,30). The van der Waals surface area contributed by atoms with Gasteiger partial charge in [-0.2, -0.15) is 0 Å². The van der Waals surface area contributed by atoms with Gasteiger partial charge in [-0.3, -0.25) is 4.79 Å². The number of halogens is 2. The molecule has 0 unspecified atom stereocenters. The summed E-state index contributed by atoms with van der Waals surface area (Å²) in [5, 5.41) is 17.8. The summed E-state index contributed by atoms with van der Waals surface area (Å²) in [6.45, 7) is 2.86. The maximum atomic E-state index is 14.9. The number of nitrogens with two attached hydrogens (primary N) is 1. The van der Waals surface area contributed by atoms with Crippen LogP contribution in [-0.4, -0.2) is 25.6 Å². The summed E-state index contributed by atoms with van der Waals surface area (Å²) in [6, 6.07) is 10.4. The van der Waals surface area contributed by atoms with Crippen LogP contribution in [0.2, 0.25) is 0 Å². The fourth-order valence-corrected chi connectivity index (χ4v) is 4.68. The lowest BCUT2D eigenvalue weighted by molar-refractivity contribution is 0.0778. The van der Waals surface area contributed by atoms with Crippen LogP contribution >= 0.6 is 11.3 Å². The van der Waals surface area contributed by atoms with Crippen molar-refractivity contribution in [3.05, 3.63) is 77.7 Å². The van der Waals surface area contributed by atoms with Crippen LogP contribution in [0.4, 0.5) is 19.6 Å². The van der Waals surface area contributed by atoms with Crippen LogP contribution in [-0.2, 0) is 5.60 Å². The molecule has 178 valence electrons. The molecular formula is C24H19F2N5O3S. The number of benzene rings is 1. The molecule has 0 spiro atoms. The Morgan fingerprint density at radius 1 is 1.20 bits per heavy atom. The van der Waals surface area contributed by atoms with Crippen molar-refractivity contribution in [2.24, 2.45) is 5.73 Å². The van der Waals surface area contributed by atoms with Crippen molar-refractivity contribution in [1.29, 1.82) is 0 Å². The average Bonchev–Trinajstić information content (AvgIpc) is 3.52. The molecule has 0 bridgehead atoms. The number of nitrogens with one attached hydrogen (secondary N) is 1. The van der Waals surface area contributed by atoms with Crippen LogP contribution in [0.1, 0.15) is 29.8 Å². The number of carbonyl (C=O) groups is 1. The number of fused-ring (bicyclic) bond motifs is 1. The van der Waals surface area contributed by atoms with E-state index in [0.717, 1.165) is 23.5 Å². The summed E-state index contributed by atoms with van der Waals surface area (Å²) >= 11 is 0.952.